The molecular formula is C11H10N2O4S. The number of rotatable bonds is 3. The van der Waals surface area contributed by atoms with Gasteiger partial charge in [0.2, 0.25) is 0 Å². The van der Waals surface area contributed by atoms with Crippen molar-refractivity contribution in [3.8, 4) is 5.75 Å². The Morgan fingerprint density at radius 2 is 1.94 bits per heavy atom. The van der Waals surface area contributed by atoms with Crippen LogP contribution < -0.4 is 16.0 Å². The molecule has 94 valence electrons. The first-order valence-electron chi connectivity index (χ1n) is 4.97. The number of aromatic nitrogens is 2. The maximum atomic E-state index is 11.2. The fourth-order valence-electron chi connectivity index (χ4n) is 1.29. The molecule has 0 saturated carbocycles. The lowest BCUT2D eigenvalue weighted by atomic mass is 10.3. The van der Waals surface area contributed by atoms with Gasteiger partial charge < -0.3 is 9.94 Å². The van der Waals surface area contributed by atoms with Crippen LogP contribution in [-0.4, -0.2) is 22.0 Å². The molecule has 0 aliphatic rings. The average Bonchev–Trinajstić information content (AvgIpc) is 2.37. The molecule has 0 saturated heterocycles. The van der Waals surface area contributed by atoms with Crippen molar-refractivity contribution in [2.45, 2.75) is 9.92 Å². The summed E-state index contributed by atoms with van der Waals surface area (Å²) < 4.78 is 5.05. The van der Waals surface area contributed by atoms with E-state index in [4.69, 9.17) is 9.94 Å². The van der Waals surface area contributed by atoms with Gasteiger partial charge in [0, 0.05) is 11.0 Å². The molecule has 0 radical (unpaired) electrons. The highest BCUT2D eigenvalue weighted by molar-refractivity contribution is 7.99. The lowest BCUT2D eigenvalue weighted by molar-refractivity contribution is 0.159. The highest BCUT2D eigenvalue weighted by atomic mass is 32.2. The summed E-state index contributed by atoms with van der Waals surface area (Å²) >= 11 is 1.21. The topological polar surface area (TPSA) is 84.3 Å². The quantitative estimate of drug-likeness (QED) is 0.638. The van der Waals surface area contributed by atoms with E-state index in [1.54, 1.807) is 31.4 Å². The third-order valence-corrected chi connectivity index (χ3v) is 3.12. The Kier molecular flexibility index (Phi) is 3.42. The largest absolute Gasteiger partial charge is 0.497 e. The van der Waals surface area contributed by atoms with E-state index in [9.17, 15) is 9.59 Å². The van der Waals surface area contributed by atoms with Gasteiger partial charge in [0.25, 0.3) is 5.56 Å². The van der Waals surface area contributed by atoms with Crippen LogP contribution >= 0.6 is 11.8 Å². The summed E-state index contributed by atoms with van der Waals surface area (Å²) in [7, 11) is 1.57. The van der Waals surface area contributed by atoms with E-state index in [1.165, 1.54) is 11.8 Å². The second-order valence-electron chi connectivity index (χ2n) is 3.37. The molecule has 0 aliphatic heterocycles. The van der Waals surface area contributed by atoms with Crippen LogP contribution in [0.15, 0.2) is 49.8 Å². The zero-order chi connectivity index (χ0) is 13.1. The third-order valence-electron chi connectivity index (χ3n) is 2.17. The second-order valence-corrected chi connectivity index (χ2v) is 4.48. The van der Waals surface area contributed by atoms with Gasteiger partial charge >= 0.3 is 5.69 Å². The van der Waals surface area contributed by atoms with Gasteiger partial charge in [-0.2, -0.15) is 0 Å². The number of ether oxygens (including phenoxy) is 1. The number of hydrogen-bond acceptors (Lipinski definition) is 5. The van der Waals surface area contributed by atoms with Crippen molar-refractivity contribution in [3.63, 3.8) is 0 Å². The molecule has 1 heterocycles. The van der Waals surface area contributed by atoms with Gasteiger partial charge in [0.05, 0.1) is 12.1 Å². The smallest absolute Gasteiger partial charge is 0.362 e. The molecule has 0 atom stereocenters. The van der Waals surface area contributed by atoms with Gasteiger partial charge in [0.15, 0.2) is 0 Å². The van der Waals surface area contributed by atoms with Crippen LogP contribution in [-0.2, 0) is 0 Å². The number of nitrogens with one attached hydrogen (secondary N) is 1. The Hall–Kier alpha value is -2.15. The Morgan fingerprint density at radius 3 is 2.50 bits per heavy atom. The number of benzene rings is 1. The van der Waals surface area contributed by atoms with E-state index in [0.29, 0.717) is 5.03 Å². The van der Waals surface area contributed by atoms with Crippen LogP contribution in [0.1, 0.15) is 0 Å². The normalized spacial score (nSPS) is 10.3. The zero-order valence-corrected chi connectivity index (χ0v) is 10.2. The third kappa shape index (κ3) is 2.57. The van der Waals surface area contributed by atoms with E-state index in [1.807, 2.05) is 0 Å². The van der Waals surface area contributed by atoms with E-state index in [2.05, 4.69) is 4.98 Å². The number of hydrogen-bond donors (Lipinski definition) is 2. The Bertz CT molecular complexity index is 629. The van der Waals surface area contributed by atoms with Crippen molar-refractivity contribution in [1.29, 1.82) is 0 Å². The molecule has 0 spiro atoms. The predicted molar refractivity (Wildman–Crippen MR) is 65.6 cm³/mol. The fraction of sp³-hybridized carbons (Fsp3) is 0.0909. The number of methoxy groups -OCH3 is 1. The molecule has 6 nitrogen and oxygen atoms in total. The van der Waals surface area contributed by atoms with Crippen LogP contribution in [0.4, 0.5) is 0 Å². The molecule has 0 unspecified atom stereocenters. The lowest BCUT2D eigenvalue weighted by Crippen LogP contribution is -2.32. The maximum absolute atomic E-state index is 11.2. The van der Waals surface area contributed by atoms with Crippen molar-refractivity contribution in [2.24, 2.45) is 0 Å². The molecular weight excluding hydrogens is 256 g/mol. The molecule has 18 heavy (non-hydrogen) atoms. The highest BCUT2D eigenvalue weighted by Gasteiger charge is 2.04. The molecule has 2 N–H and O–H groups in total. The Labute approximate surface area is 106 Å². The molecule has 7 heteroatoms. The van der Waals surface area contributed by atoms with E-state index < -0.39 is 11.2 Å². The van der Waals surface area contributed by atoms with Crippen molar-refractivity contribution in [1.82, 2.24) is 9.71 Å². The first-order valence-corrected chi connectivity index (χ1v) is 5.79. The molecule has 1 aromatic heterocycles. The molecule has 1 aromatic carbocycles. The van der Waals surface area contributed by atoms with Gasteiger partial charge in [-0.05, 0) is 24.3 Å². The molecule has 0 aliphatic carbocycles. The summed E-state index contributed by atoms with van der Waals surface area (Å²) in [6.45, 7) is 0. The molecule has 2 aromatic rings. The van der Waals surface area contributed by atoms with Crippen molar-refractivity contribution < 1.29 is 9.94 Å². The SMILES string of the molecule is COc1ccc(Sc2cc(=O)n(O)c(=O)[nH]2)cc1. The summed E-state index contributed by atoms with van der Waals surface area (Å²) in [6, 6.07) is 8.29. The van der Waals surface area contributed by atoms with Gasteiger partial charge in [-0.15, -0.1) is 0 Å². The monoisotopic (exact) mass is 266 g/mol. The maximum Gasteiger partial charge on any atom is 0.362 e. The van der Waals surface area contributed by atoms with Crippen molar-refractivity contribution >= 4 is 11.8 Å². The minimum absolute atomic E-state index is 0.0259. The van der Waals surface area contributed by atoms with Crippen LogP contribution in [0.3, 0.4) is 0 Å². The first-order chi connectivity index (χ1) is 8.60. The summed E-state index contributed by atoms with van der Waals surface area (Å²) in [4.78, 5) is 25.6. The summed E-state index contributed by atoms with van der Waals surface area (Å²) in [5, 5.41) is 9.36. The molecule has 2 rings (SSSR count). The lowest BCUT2D eigenvalue weighted by Gasteiger charge is -2.03. The average molecular weight is 266 g/mol. The van der Waals surface area contributed by atoms with Gasteiger partial charge in [-0.25, -0.2) is 4.79 Å². The van der Waals surface area contributed by atoms with E-state index in [0.717, 1.165) is 16.7 Å². The summed E-state index contributed by atoms with van der Waals surface area (Å²) in [5.74, 6) is 0.721. The minimum atomic E-state index is -0.862. The predicted octanol–water partition coefficient (Wildman–Crippen LogP) is 0.934. The van der Waals surface area contributed by atoms with Crippen molar-refractivity contribution in [3.05, 3.63) is 51.2 Å². The van der Waals surface area contributed by atoms with Gasteiger partial charge in [-0.1, -0.05) is 16.5 Å². The number of H-pyrrole nitrogens is 1. The Balaban J connectivity index is 2.28. The van der Waals surface area contributed by atoms with Gasteiger partial charge in [0.1, 0.15) is 5.75 Å². The van der Waals surface area contributed by atoms with E-state index in [-0.39, 0.29) is 4.73 Å². The van der Waals surface area contributed by atoms with Crippen LogP contribution in [0.5, 0.6) is 5.75 Å². The Morgan fingerprint density at radius 1 is 1.28 bits per heavy atom. The summed E-state index contributed by atoms with van der Waals surface area (Å²) in [5.41, 5.74) is -1.63. The molecule has 0 fully saturated rings. The second kappa shape index (κ2) is 5.01. The van der Waals surface area contributed by atoms with Gasteiger partial charge in [-0.3, -0.25) is 9.78 Å². The first kappa shape index (κ1) is 12.3. The number of nitrogens with zero attached hydrogens (tertiary/aromatic N) is 1. The molecule has 0 amide bonds. The fourth-order valence-corrected chi connectivity index (χ4v) is 2.12. The van der Waals surface area contributed by atoms with E-state index >= 15 is 0 Å². The van der Waals surface area contributed by atoms with Crippen LogP contribution in [0.25, 0.3) is 0 Å². The standard InChI is InChI=1S/C11H10N2O4S/c1-17-7-2-4-8(5-3-7)18-9-6-10(14)13(16)11(15)12-9/h2-6,16H,1H3,(H,12,15). The zero-order valence-electron chi connectivity index (χ0n) is 9.41. The van der Waals surface area contributed by atoms with Crippen LogP contribution in [0, 0.1) is 0 Å². The highest BCUT2D eigenvalue weighted by Crippen LogP contribution is 2.26. The minimum Gasteiger partial charge on any atom is -0.497 e. The number of aromatic amines is 1. The summed E-state index contributed by atoms with van der Waals surface area (Å²) in [6.07, 6.45) is 0. The van der Waals surface area contributed by atoms with Crippen LogP contribution in [0.2, 0.25) is 0 Å². The molecule has 0 bridgehead atoms. The van der Waals surface area contributed by atoms with Crippen molar-refractivity contribution in [2.75, 3.05) is 7.11 Å².